The summed E-state index contributed by atoms with van der Waals surface area (Å²) in [4.78, 5) is 24.4. The van der Waals surface area contributed by atoms with E-state index in [2.05, 4.69) is 20.3 Å². The molecule has 3 aromatic rings. The van der Waals surface area contributed by atoms with Gasteiger partial charge in [-0.1, -0.05) is 11.6 Å². The van der Waals surface area contributed by atoms with Gasteiger partial charge in [-0.05, 0) is 42.3 Å². The van der Waals surface area contributed by atoms with Crippen molar-refractivity contribution < 1.29 is 9.18 Å². The molecular weight excluding hydrogens is 343 g/mol. The first-order chi connectivity index (χ1) is 12.0. The highest BCUT2D eigenvalue weighted by atomic mass is 35.5. The Morgan fingerprint density at radius 2 is 2.04 bits per heavy atom. The molecule has 126 valence electrons. The van der Waals surface area contributed by atoms with Crippen LogP contribution in [0.15, 0.2) is 49.1 Å². The summed E-state index contributed by atoms with van der Waals surface area (Å²) in [5.41, 5.74) is 2.37. The smallest absolute Gasteiger partial charge is 0.213 e. The average Bonchev–Trinajstić information content (AvgIpc) is 2.58. The van der Waals surface area contributed by atoms with Crippen LogP contribution in [-0.4, -0.2) is 20.7 Å². The molecule has 0 saturated heterocycles. The normalized spacial score (nSPS) is 10.5. The molecule has 25 heavy (non-hydrogen) atoms. The number of hydrogen-bond acceptors (Lipinski definition) is 5. The average molecular weight is 357 g/mol. The Balaban J connectivity index is 1.83. The number of aromatic nitrogens is 3. The quantitative estimate of drug-likeness (QED) is 0.549. The van der Waals surface area contributed by atoms with Crippen molar-refractivity contribution in [3.8, 4) is 0 Å². The topological polar surface area (TPSA) is 67.8 Å². The number of aryl methyl sites for hydroxylation is 1. The van der Waals surface area contributed by atoms with Gasteiger partial charge in [0.15, 0.2) is 5.78 Å². The molecule has 0 aliphatic heterocycles. The zero-order valence-corrected chi connectivity index (χ0v) is 14.1. The van der Waals surface area contributed by atoms with E-state index >= 15 is 0 Å². The molecule has 0 bridgehead atoms. The SMILES string of the molecule is Cc1cc(F)ncc1C(=O)Cc1ccncc1Nc1ccc(Cl)cn1. The predicted molar refractivity (Wildman–Crippen MR) is 93.7 cm³/mol. The van der Waals surface area contributed by atoms with Crippen molar-refractivity contribution in [2.45, 2.75) is 13.3 Å². The standard InChI is InChI=1S/C18H14ClFN4O/c1-11-6-17(20)22-9-14(11)16(25)7-12-4-5-21-10-15(12)24-18-3-2-13(19)8-23-18/h2-6,8-10H,7H2,1H3,(H,23,24). The van der Waals surface area contributed by atoms with Crippen LogP contribution < -0.4 is 5.32 Å². The van der Waals surface area contributed by atoms with Crippen molar-refractivity contribution in [3.63, 3.8) is 0 Å². The number of pyridine rings is 3. The van der Waals surface area contributed by atoms with Gasteiger partial charge in [-0.2, -0.15) is 4.39 Å². The second kappa shape index (κ2) is 7.36. The van der Waals surface area contributed by atoms with E-state index in [9.17, 15) is 9.18 Å². The largest absolute Gasteiger partial charge is 0.339 e. The van der Waals surface area contributed by atoms with E-state index in [4.69, 9.17) is 11.6 Å². The lowest BCUT2D eigenvalue weighted by Gasteiger charge is -2.11. The number of nitrogens with one attached hydrogen (secondary N) is 1. The van der Waals surface area contributed by atoms with Gasteiger partial charge in [0.1, 0.15) is 5.82 Å². The second-order valence-electron chi connectivity index (χ2n) is 5.44. The van der Waals surface area contributed by atoms with Crippen molar-refractivity contribution in [2.75, 3.05) is 5.32 Å². The fraction of sp³-hybridized carbons (Fsp3) is 0.111. The number of hydrogen-bond donors (Lipinski definition) is 1. The summed E-state index contributed by atoms with van der Waals surface area (Å²) in [5, 5.41) is 3.65. The van der Waals surface area contributed by atoms with E-state index in [1.807, 2.05) is 0 Å². The fourth-order valence-corrected chi connectivity index (χ4v) is 2.47. The van der Waals surface area contributed by atoms with Crippen LogP contribution in [0.3, 0.4) is 0 Å². The van der Waals surface area contributed by atoms with Crippen LogP contribution in [0.1, 0.15) is 21.5 Å². The van der Waals surface area contributed by atoms with Gasteiger partial charge in [0.2, 0.25) is 5.95 Å². The molecule has 0 unspecified atom stereocenters. The molecule has 1 N–H and O–H groups in total. The summed E-state index contributed by atoms with van der Waals surface area (Å²) in [6, 6.07) is 6.44. The molecule has 0 aromatic carbocycles. The molecule has 5 nitrogen and oxygen atoms in total. The molecule has 3 rings (SSSR count). The maximum absolute atomic E-state index is 13.1. The lowest BCUT2D eigenvalue weighted by Crippen LogP contribution is -2.09. The maximum atomic E-state index is 13.1. The fourth-order valence-electron chi connectivity index (χ4n) is 2.36. The van der Waals surface area contributed by atoms with Crippen LogP contribution in [0.2, 0.25) is 5.02 Å². The van der Waals surface area contributed by atoms with Crippen LogP contribution in [0.5, 0.6) is 0 Å². The highest BCUT2D eigenvalue weighted by Crippen LogP contribution is 2.21. The molecule has 0 aliphatic carbocycles. The van der Waals surface area contributed by atoms with E-state index in [0.717, 1.165) is 5.56 Å². The van der Waals surface area contributed by atoms with E-state index in [-0.39, 0.29) is 12.2 Å². The molecule has 3 heterocycles. The Bertz CT molecular complexity index is 915. The number of anilines is 2. The van der Waals surface area contributed by atoms with Crippen LogP contribution in [0.25, 0.3) is 0 Å². The highest BCUT2D eigenvalue weighted by Gasteiger charge is 2.14. The first-order valence-corrected chi connectivity index (χ1v) is 7.87. The molecule has 0 aliphatic rings. The maximum Gasteiger partial charge on any atom is 0.213 e. The van der Waals surface area contributed by atoms with Gasteiger partial charge in [0.05, 0.1) is 16.9 Å². The number of carbonyl (C=O) groups excluding carboxylic acids is 1. The molecule has 0 radical (unpaired) electrons. The second-order valence-corrected chi connectivity index (χ2v) is 5.88. The number of rotatable bonds is 5. The Kier molecular flexibility index (Phi) is 5.00. The summed E-state index contributed by atoms with van der Waals surface area (Å²) in [5.74, 6) is -0.164. The minimum absolute atomic E-state index is 0.132. The zero-order valence-electron chi connectivity index (χ0n) is 13.3. The van der Waals surface area contributed by atoms with Crippen molar-refractivity contribution in [1.82, 2.24) is 15.0 Å². The summed E-state index contributed by atoms with van der Waals surface area (Å²) in [6.07, 6.45) is 6.15. The number of nitrogens with zero attached hydrogens (tertiary/aromatic N) is 3. The molecule has 7 heteroatoms. The summed E-state index contributed by atoms with van der Waals surface area (Å²) >= 11 is 5.83. The predicted octanol–water partition coefficient (Wildman–Crippen LogP) is 4.14. The van der Waals surface area contributed by atoms with Crippen molar-refractivity contribution in [2.24, 2.45) is 0 Å². The van der Waals surface area contributed by atoms with Crippen molar-refractivity contribution in [1.29, 1.82) is 0 Å². The van der Waals surface area contributed by atoms with E-state index in [1.54, 1.807) is 37.5 Å². The Hall–Kier alpha value is -2.86. The minimum Gasteiger partial charge on any atom is -0.339 e. The molecule has 0 amide bonds. The van der Waals surface area contributed by atoms with Gasteiger partial charge in [-0.3, -0.25) is 9.78 Å². The minimum atomic E-state index is -0.603. The summed E-state index contributed by atoms with van der Waals surface area (Å²) < 4.78 is 13.1. The first-order valence-electron chi connectivity index (χ1n) is 7.50. The Morgan fingerprint density at radius 3 is 2.76 bits per heavy atom. The molecule has 0 spiro atoms. The van der Waals surface area contributed by atoms with E-state index < -0.39 is 5.95 Å². The van der Waals surface area contributed by atoms with Crippen LogP contribution >= 0.6 is 11.6 Å². The molecular formula is C18H14ClFN4O. The zero-order chi connectivity index (χ0) is 17.8. The van der Waals surface area contributed by atoms with Crippen LogP contribution in [0.4, 0.5) is 15.9 Å². The number of Topliss-reactive ketones (excluding diaryl/α,β-unsaturated/α-hetero) is 1. The first kappa shape index (κ1) is 17.0. The van der Waals surface area contributed by atoms with Crippen molar-refractivity contribution in [3.05, 3.63) is 76.7 Å². The van der Waals surface area contributed by atoms with Gasteiger partial charge in [0.25, 0.3) is 0 Å². The van der Waals surface area contributed by atoms with E-state index in [0.29, 0.717) is 27.7 Å². The van der Waals surface area contributed by atoms with Crippen LogP contribution in [0, 0.1) is 12.9 Å². The van der Waals surface area contributed by atoms with Gasteiger partial charge in [-0.15, -0.1) is 0 Å². The highest BCUT2D eigenvalue weighted by molar-refractivity contribution is 6.30. The van der Waals surface area contributed by atoms with Gasteiger partial charge in [-0.25, -0.2) is 9.97 Å². The van der Waals surface area contributed by atoms with E-state index in [1.165, 1.54) is 18.5 Å². The van der Waals surface area contributed by atoms with Gasteiger partial charge in [0, 0.05) is 30.6 Å². The lowest BCUT2D eigenvalue weighted by molar-refractivity contribution is 0.0992. The summed E-state index contributed by atoms with van der Waals surface area (Å²) in [7, 11) is 0. The summed E-state index contributed by atoms with van der Waals surface area (Å²) in [6.45, 7) is 1.68. The number of carbonyl (C=O) groups is 1. The van der Waals surface area contributed by atoms with Gasteiger partial charge < -0.3 is 5.32 Å². The van der Waals surface area contributed by atoms with Gasteiger partial charge >= 0.3 is 0 Å². The Labute approximate surface area is 148 Å². The molecule has 0 atom stereocenters. The third kappa shape index (κ3) is 4.16. The molecule has 3 aromatic heterocycles. The monoisotopic (exact) mass is 356 g/mol. The number of halogens is 2. The lowest BCUT2D eigenvalue weighted by atomic mass is 10.0. The Morgan fingerprint density at radius 1 is 1.20 bits per heavy atom. The third-order valence-electron chi connectivity index (χ3n) is 3.63. The third-order valence-corrected chi connectivity index (χ3v) is 3.85. The van der Waals surface area contributed by atoms with Crippen LogP contribution in [-0.2, 0) is 6.42 Å². The molecule has 0 saturated carbocycles. The number of ketones is 1. The van der Waals surface area contributed by atoms with Crippen molar-refractivity contribution >= 4 is 28.9 Å². The molecule has 0 fully saturated rings.